The summed E-state index contributed by atoms with van der Waals surface area (Å²) in [6.45, 7) is 0.359. The molecule has 2 aromatic rings. The number of nitrogens with one attached hydrogen (secondary N) is 2. The molecule has 108 valence electrons. The highest BCUT2D eigenvalue weighted by Crippen LogP contribution is 2.34. The minimum Gasteiger partial charge on any atom is -0.454 e. The van der Waals surface area contributed by atoms with Crippen molar-refractivity contribution in [3.05, 3.63) is 47.5 Å². The molecule has 0 aliphatic carbocycles. The number of benzene rings is 2. The third kappa shape index (κ3) is 3.38. The molecular weight excluding hydrogens is 292 g/mol. The predicted octanol–water partition coefficient (Wildman–Crippen LogP) is 3.12. The van der Waals surface area contributed by atoms with Crippen LogP contribution in [0.25, 0.3) is 0 Å². The molecular formula is C15H13ClN2O3. The summed E-state index contributed by atoms with van der Waals surface area (Å²) in [5.41, 5.74) is 1.46. The number of amides is 1. The number of carbonyl (C=O) groups is 1. The number of hydrogen-bond acceptors (Lipinski definition) is 4. The molecule has 1 aliphatic heterocycles. The van der Waals surface area contributed by atoms with Crippen LogP contribution in [0.2, 0.25) is 5.02 Å². The molecule has 2 N–H and O–H groups in total. The van der Waals surface area contributed by atoms with E-state index in [1.54, 1.807) is 30.3 Å². The Morgan fingerprint density at radius 2 is 1.95 bits per heavy atom. The normalized spacial score (nSPS) is 12.0. The Morgan fingerprint density at radius 3 is 2.81 bits per heavy atom. The van der Waals surface area contributed by atoms with E-state index in [0.717, 1.165) is 5.69 Å². The van der Waals surface area contributed by atoms with Crippen molar-refractivity contribution in [2.45, 2.75) is 0 Å². The Hall–Kier alpha value is -2.40. The highest BCUT2D eigenvalue weighted by atomic mass is 35.5. The molecule has 21 heavy (non-hydrogen) atoms. The number of rotatable bonds is 4. The van der Waals surface area contributed by atoms with E-state index >= 15 is 0 Å². The van der Waals surface area contributed by atoms with E-state index in [0.29, 0.717) is 22.2 Å². The summed E-state index contributed by atoms with van der Waals surface area (Å²) >= 11 is 5.88. The van der Waals surface area contributed by atoms with Gasteiger partial charge in [-0.2, -0.15) is 0 Å². The Labute approximate surface area is 126 Å². The second kappa shape index (κ2) is 5.93. The fraction of sp³-hybridized carbons (Fsp3) is 0.133. The molecule has 0 bridgehead atoms. The Kier molecular flexibility index (Phi) is 3.83. The average molecular weight is 305 g/mol. The van der Waals surface area contributed by atoms with Crippen molar-refractivity contribution in [3.63, 3.8) is 0 Å². The Bertz CT molecular complexity index is 676. The van der Waals surface area contributed by atoms with Crippen LogP contribution in [-0.4, -0.2) is 19.2 Å². The van der Waals surface area contributed by atoms with Gasteiger partial charge in [-0.25, -0.2) is 0 Å². The summed E-state index contributed by atoms with van der Waals surface area (Å²) in [4.78, 5) is 11.9. The topological polar surface area (TPSA) is 59.6 Å². The predicted molar refractivity (Wildman–Crippen MR) is 81.1 cm³/mol. The molecule has 0 aromatic heterocycles. The van der Waals surface area contributed by atoms with Crippen LogP contribution in [0.15, 0.2) is 42.5 Å². The summed E-state index contributed by atoms with van der Waals surface area (Å²) in [7, 11) is 0. The second-order valence-corrected chi connectivity index (χ2v) is 4.92. The molecule has 5 nitrogen and oxygen atoms in total. The average Bonchev–Trinajstić information content (AvgIpc) is 2.93. The number of fused-ring (bicyclic) bond motifs is 1. The van der Waals surface area contributed by atoms with Gasteiger partial charge in [0, 0.05) is 22.5 Å². The number of carbonyl (C=O) groups excluding carboxylic acids is 1. The van der Waals surface area contributed by atoms with Gasteiger partial charge in [-0.05, 0) is 30.3 Å². The summed E-state index contributed by atoms with van der Waals surface area (Å²) in [5.74, 6) is 1.16. The smallest absolute Gasteiger partial charge is 0.243 e. The lowest BCUT2D eigenvalue weighted by Gasteiger charge is -2.08. The molecule has 1 amide bonds. The zero-order valence-electron chi connectivity index (χ0n) is 11.1. The van der Waals surface area contributed by atoms with Crippen molar-refractivity contribution in [1.29, 1.82) is 0 Å². The van der Waals surface area contributed by atoms with Gasteiger partial charge in [0.25, 0.3) is 0 Å². The van der Waals surface area contributed by atoms with E-state index in [4.69, 9.17) is 21.1 Å². The molecule has 0 saturated heterocycles. The molecule has 0 unspecified atom stereocenters. The molecule has 3 rings (SSSR count). The van der Waals surface area contributed by atoms with Gasteiger partial charge < -0.3 is 20.1 Å². The molecule has 0 saturated carbocycles. The first-order chi connectivity index (χ1) is 10.2. The fourth-order valence-corrected chi connectivity index (χ4v) is 2.15. The van der Waals surface area contributed by atoms with Gasteiger partial charge >= 0.3 is 0 Å². The Balaban J connectivity index is 1.57. The number of hydrogen-bond donors (Lipinski definition) is 2. The number of anilines is 2. The number of halogens is 1. The maximum Gasteiger partial charge on any atom is 0.243 e. The lowest BCUT2D eigenvalue weighted by Crippen LogP contribution is -2.21. The van der Waals surface area contributed by atoms with Crippen LogP contribution in [0.4, 0.5) is 11.4 Å². The first-order valence-electron chi connectivity index (χ1n) is 6.40. The zero-order valence-corrected chi connectivity index (χ0v) is 11.8. The maximum atomic E-state index is 11.9. The molecule has 1 heterocycles. The van der Waals surface area contributed by atoms with Crippen LogP contribution in [0.5, 0.6) is 11.5 Å². The van der Waals surface area contributed by atoms with Crippen molar-refractivity contribution in [3.8, 4) is 11.5 Å². The number of ether oxygens (including phenoxy) is 2. The van der Waals surface area contributed by atoms with Crippen molar-refractivity contribution in [2.75, 3.05) is 24.0 Å². The summed E-state index contributed by atoms with van der Waals surface area (Å²) in [6, 6.07) is 12.5. The van der Waals surface area contributed by atoms with Crippen LogP contribution in [-0.2, 0) is 4.79 Å². The largest absolute Gasteiger partial charge is 0.454 e. The van der Waals surface area contributed by atoms with Crippen molar-refractivity contribution in [1.82, 2.24) is 0 Å². The van der Waals surface area contributed by atoms with Crippen LogP contribution >= 0.6 is 11.6 Å². The SMILES string of the molecule is O=C(CNc1cccc(Cl)c1)Nc1ccc2c(c1)OCO2. The van der Waals surface area contributed by atoms with Crippen molar-refractivity contribution < 1.29 is 14.3 Å². The molecule has 2 aromatic carbocycles. The lowest BCUT2D eigenvalue weighted by atomic mass is 10.2. The van der Waals surface area contributed by atoms with Gasteiger partial charge in [0.05, 0.1) is 6.54 Å². The minimum absolute atomic E-state index is 0.148. The van der Waals surface area contributed by atoms with E-state index in [2.05, 4.69) is 10.6 Å². The molecule has 0 radical (unpaired) electrons. The molecule has 0 atom stereocenters. The van der Waals surface area contributed by atoms with E-state index < -0.39 is 0 Å². The zero-order chi connectivity index (χ0) is 14.7. The van der Waals surface area contributed by atoms with Gasteiger partial charge in [-0.1, -0.05) is 17.7 Å². The van der Waals surface area contributed by atoms with E-state index in [9.17, 15) is 4.79 Å². The van der Waals surface area contributed by atoms with Crippen LogP contribution in [0, 0.1) is 0 Å². The molecule has 6 heteroatoms. The standard InChI is InChI=1S/C15H13ClN2O3/c16-10-2-1-3-11(6-10)17-8-15(19)18-12-4-5-13-14(7-12)21-9-20-13/h1-7,17H,8-9H2,(H,18,19). The third-order valence-corrected chi connectivity index (χ3v) is 3.17. The van der Waals surface area contributed by atoms with Crippen LogP contribution in [0.3, 0.4) is 0 Å². The minimum atomic E-state index is -0.158. The summed E-state index contributed by atoms with van der Waals surface area (Å²) in [6.07, 6.45) is 0. The van der Waals surface area contributed by atoms with E-state index in [1.165, 1.54) is 0 Å². The first kappa shape index (κ1) is 13.6. The second-order valence-electron chi connectivity index (χ2n) is 4.48. The Morgan fingerprint density at radius 1 is 1.10 bits per heavy atom. The molecule has 0 spiro atoms. The van der Waals surface area contributed by atoms with Gasteiger partial charge in [0.2, 0.25) is 12.7 Å². The van der Waals surface area contributed by atoms with Crippen LogP contribution in [0.1, 0.15) is 0 Å². The highest BCUT2D eigenvalue weighted by Gasteiger charge is 2.14. The monoisotopic (exact) mass is 304 g/mol. The van der Waals surface area contributed by atoms with Crippen LogP contribution < -0.4 is 20.1 Å². The maximum absolute atomic E-state index is 11.9. The third-order valence-electron chi connectivity index (χ3n) is 2.93. The highest BCUT2D eigenvalue weighted by molar-refractivity contribution is 6.30. The quantitative estimate of drug-likeness (QED) is 0.911. The van der Waals surface area contributed by atoms with E-state index in [1.807, 2.05) is 12.1 Å². The lowest BCUT2D eigenvalue weighted by molar-refractivity contribution is -0.114. The van der Waals surface area contributed by atoms with Gasteiger partial charge in [0.15, 0.2) is 11.5 Å². The van der Waals surface area contributed by atoms with E-state index in [-0.39, 0.29) is 19.2 Å². The van der Waals surface area contributed by atoms with Gasteiger partial charge in [-0.3, -0.25) is 4.79 Å². The van der Waals surface area contributed by atoms with Crippen molar-refractivity contribution >= 4 is 28.9 Å². The molecule has 1 aliphatic rings. The fourth-order valence-electron chi connectivity index (χ4n) is 1.96. The van der Waals surface area contributed by atoms with Gasteiger partial charge in [0.1, 0.15) is 0 Å². The first-order valence-corrected chi connectivity index (χ1v) is 6.77. The summed E-state index contributed by atoms with van der Waals surface area (Å²) in [5, 5.41) is 6.41. The molecule has 0 fully saturated rings. The summed E-state index contributed by atoms with van der Waals surface area (Å²) < 4.78 is 10.5. The van der Waals surface area contributed by atoms with Gasteiger partial charge in [-0.15, -0.1) is 0 Å². The van der Waals surface area contributed by atoms with Crippen molar-refractivity contribution in [2.24, 2.45) is 0 Å².